The van der Waals surface area contributed by atoms with Gasteiger partial charge in [0.1, 0.15) is 5.75 Å². The summed E-state index contributed by atoms with van der Waals surface area (Å²) in [6.07, 6.45) is 2.25. The molecule has 1 fully saturated rings. The quantitative estimate of drug-likeness (QED) is 0.264. The van der Waals surface area contributed by atoms with Gasteiger partial charge in [0.2, 0.25) is 0 Å². The Balaban J connectivity index is 0.000000568. The van der Waals surface area contributed by atoms with E-state index < -0.39 is 11.9 Å². The van der Waals surface area contributed by atoms with Crippen molar-refractivity contribution in [1.29, 1.82) is 0 Å². The third-order valence-electron chi connectivity index (χ3n) is 3.98. The van der Waals surface area contributed by atoms with Crippen LogP contribution in [0.1, 0.15) is 18.4 Å². The Kier molecular flexibility index (Phi) is 12.8. The number of aliphatic carboxylic acids is 2. The van der Waals surface area contributed by atoms with Crippen molar-refractivity contribution in [1.82, 2.24) is 10.2 Å². The van der Waals surface area contributed by atoms with Crippen LogP contribution in [0, 0.1) is 10.5 Å². The number of ether oxygens (including phenoxy) is 2. The van der Waals surface area contributed by atoms with Gasteiger partial charge in [0.05, 0.1) is 23.4 Å². The molecule has 28 heavy (non-hydrogen) atoms. The summed E-state index contributed by atoms with van der Waals surface area (Å²) in [6, 6.07) is 6.32. The highest BCUT2D eigenvalue weighted by Crippen LogP contribution is 2.21. The summed E-state index contributed by atoms with van der Waals surface area (Å²) >= 11 is 2.34. The van der Waals surface area contributed by atoms with Crippen molar-refractivity contribution >= 4 is 34.5 Å². The van der Waals surface area contributed by atoms with Gasteiger partial charge in [0.25, 0.3) is 0 Å². The molecule has 1 saturated heterocycles. The number of carboxylic acid groups (broad SMARTS) is 2. The number of aryl methyl sites for hydroxylation is 1. The Hall–Kier alpha value is -1.43. The Morgan fingerprint density at radius 3 is 2.46 bits per heavy atom. The average Bonchev–Trinajstić information content (AvgIpc) is 2.66. The maximum atomic E-state index is 9.10. The lowest BCUT2D eigenvalue weighted by molar-refractivity contribution is -0.159. The first-order valence-corrected chi connectivity index (χ1v) is 10.3. The van der Waals surface area contributed by atoms with Crippen molar-refractivity contribution in [2.45, 2.75) is 19.8 Å². The lowest BCUT2D eigenvalue weighted by Gasteiger charge is -2.26. The molecule has 0 bridgehead atoms. The molecule has 1 aliphatic heterocycles. The highest BCUT2D eigenvalue weighted by atomic mass is 127. The number of carbonyl (C=O) groups is 2. The molecule has 0 aromatic heterocycles. The highest BCUT2D eigenvalue weighted by molar-refractivity contribution is 14.1. The van der Waals surface area contributed by atoms with Gasteiger partial charge in [-0.15, -0.1) is 0 Å². The van der Waals surface area contributed by atoms with Gasteiger partial charge in [-0.3, -0.25) is 4.90 Å². The molecule has 3 N–H and O–H groups in total. The van der Waals surface area contributed by atoms with Gasteiger partial charge in [0.15, 0.2) is 0 Å². The Morgan fingerprint density at radius 2 is 1.86 bits per heavy atom. The predicted octanol–water partition coefficient (Wildman–Crippen LogP) is 1.84. The summed E-state index contributed by atoms with van der Waals surface area (Å²) in [5.41, 5.74) is 1.28. The van der Waals surface area contributed by atoms with Gasteiger partial charge in [-0.25, -0.2) is 9.59 Å². The average molecular weight is 508 g/mol. The molecule has 0 aliphatic carbocycles. The van der Waals surface area contributed by atoms with E-state index in [1.54, 1.807) is 0 Å². The SMILES string of the molecule is Cc1ccc(OCCCCNCCN2CCOCC2)c(I)c1.O=C(O)C(=O)O. The van der Waals surface area contributed by atoms with Crippen LogP contribution < -0.4 is 10.1 Å². The number of nitrogens with one attached hydrogen (secondary N) is 1. The second-order valence-corrected chi connectivity index (χ2v) is 7.47. The molecular weight excluding hydrogens is 479 g/mol. The fraction of sp³-hybridized carbons (Fsp3) is 0.579. The molecule has 0 spiro atoms. The lowest BCUT2D eigenvalue weighted by Crippen LogP contribution is -2.40. The summed E-state index contributed by atoms with van der Waals surface area (Å²) in [5.74, 6) is -2.64. The van der Waals surface area contributed by atoms with Crippen LogP contribution in [0.4, 0.5) is 0 Å². The summed E-state index contributed by atoms with van der Waals surface area (Å²) in [4.78, 5) is 20.7. The summed E-state index contributed by atoms with van der Waals surface area (Å²) in [5, 5.41) is 18.3. The van der Waals surface area contributed by atoms with Crippen molar-refractivity contribution in [3.05, 3.63) is 27.3 Å². The minimum Gasteiger partial charge on any atom is -0.492 e. The molecular formula is C19H29IN2O6. The first-order chi connectivity index (χ1) is 13.4. The van der Waals surface area contributed by atoms with E-state index in [4.69, 9.17) is 29.3 Å². The zero-order valence-electron chi connectivity index (χ0n) is 16.2. The zero-order valence-corrected chi connectivity index (χ0v) is 18.3. The molecule has 9 heteroatoms. The van der Waals surface area contributed by atoms with Gasteiger partial charge >= 0.3 is 11.9 Å². The van der Waals surface area contributed by atoms with Gasteiger partial charge < -0.3 is 25.0 Å². The van der Waals surface area contributed by atoms with E-state index in [2.05, 4.69) is 57.9 Å². The Bertz CT molecular complexity index is 596. The number of unbranched alkanes of at least 4 members (excludes halogenated alkanes) is 1. The summed E-state index contributed by atoms with van der Waals surface area (Å²) in [7, 11) is 0. The number of halogens is 1. The normalized spacial score (nSPS) is 14.1. The van der Waals surface area contributed by atoms with Crippen LogP contribution in [-0.2, 0) is 14.3 Å². The molecule has 1 aromatic carbocycles. The Morgan fingerprint density at radius 1 is 1.18 bits per heavy atom. The molecule has 0 unspecified atom stereocenters. The number of morpholine rings is 1. The van der Waals surface area contributed by atoms with Crippen LogP contribution in [0.3, 0.4) is 0 Å². The smallest absolute Gasteiger partial charge is 0.414 e. The lowest BCUT2D eigenvalue weighted by atomic mass is 10.2. The molecule has 0 amide bonds. The third-order valence-corrected chi connectivity index (χ3v) is 4.83. The second-order valence-electron chi connectivity index (χ2n) is 6.30. The number of rotatable bonds is 9. The first-order valence-electron chi connectivity index (χ1n) is 9.26. The standard InChI is InChI=1S/C17H27IN2O2.C2H2O4/c1-15-4-5-17(16(18)14-15)22-11-3-2-6-19-7-8-20-9-12-21-13-10-20;3-1(4)2(5)6/h4-5,14,19H,2-3,6-13H2,1H3;(H,3,4)(H,5,6). The van der Waals surface area contributed by atoms with Crippen LogP contribution in [-0.4, -0.2) is 79.6 Å². The van der Waals surface area contributed by atoms with Crippen LogP contribution >= 0.6 is 22.6 Å². The molecule has 1 aliphatic rings. The largest absolute Gasteiger partial charge is 0.492 e. The maximum Gasteiger partial charge on any atom is 0.414 e. The van der Waals surface area contributed by atoms with E-state index in [1.165, 1.54) is 9.13 Å². The first kappa shape index (κ1) is 24.6. The van der Waals surface area contributed by atoms with Gasteiger partial charge in [0, 0.05) is 26.2 Å². The monoisotopic (exact) mass is 508 g/mol. The van der Waals surface area contributed by atoms with Gasteiger partial charge in [-0.05, 0) is 66.6 Å². The molecule has 1 heterocycles. The van der Waals surface area contributed by atoms with E-state index in [0.29, 0.717) is 0 Å². The summed E-state index contributed by atoms with van der Waals surface area (Å²) < 4.78 is 12.4. The van der Waals surface area contributed by atoms with Gasteiger partial charge in [-0.1, -0.05) is 6.07 Å². The predicted molar refractivity (Wildman–Crippen MR) is 114 cm³/mol. The van der Waals surface area contributed by atoms with Crippen molar-refractivity contribution < 1.29 is 29.3 Å². The number of hydrogen-bond donors (Lipinski definition) is 3. The van der Waals surface area contributed by atoms with Crippen LogP contribution in [0.15, 0.2) is 18.2 Å². The molecule has 158 valence electrons. The van der Waals surface area contributed by atoms with Gasteiger partial charge in [-0.2, -0.15) is 0 Å². The zero-order chi connectivity index (χ0) is 20.8. The highest BCUT2D eigenvalue weighted by Gasteiger charge is 2.08. The van der Waals surface area contributed by atoms with E-state index >= 15 is 0 Å². The van der Waals surface area contributed by atoms with E-state index in [1.807, 2.05) is 0 Å². The van der Waals surface area contributed by atoms with Crippen LogP contribution in [0.2, 0.25) is 0 Å². The minimum atomic E-state index is -1.82. The topological polar surface area (TPSA) is 108 Å². The number of carboxylic acids is 2. The second kappa shape index (κ2) is 14.6. The number of hydrogen-bond acceptors (Lipinski definition) is 6. The molecule has 1 aromatic rings. The fourth-order valence-electron chi connectivity index (χ4n) is 2.44. The Labute approximate surface area is 179 Å². The van der Waals surface area contributed by atoms with E-state index in [9.17, 15) is 0 Å². The van der Waals surface area contributed by atoms with Crippen molar-refractivity contribution in [3.63, 3.8) is 0 Å². The van der Waals surface area contributed by atoms with E-state index in [0.717, 1.165) is 71.1 Å². The van der Waals surface area contributed by atoms with Crippen molar-refractivity contribution in [3.8, 4) is 5.75 Å². The summed E-state index contributed by atoms with van der Waals surface area (Å²) in [6.45, 7) is 10.1. The molecule has 0 saturated carbocycles. The van der Waals surface area contributed by atoms with Crippen LogP contribution in [0.5, 0.6) is 5.75 Å². The molecule has 0 radical (unpaired) electrons. The van der Waals surface area contributed by atoms with Crippen LogP contribution in [0.25, 0.3) is 0 Å². The third kappa shape index (κ3) is 11.4. The molecule has 2 rings (SSSR count). The minimum absolute atomic E-state index is 0.796. The maximum absolute atomic E-state index is 9.10. The fourth-order valence-corrected chi connectivity index (χ4v) is 3.27. The molecule has 8 nitrogen and oxygen atoms in total. The number of nitrogens with zero attached hydrogens (tertiary/aromatic N) is 1. The number of benzene rings is 1. The molecule has 0 atom stereocenters. The van der Waals surface area contributed by atoms with Crippen molar-refractivity contribution in [2.75, 3.05) is 52.5 Å². The van der Waals surface area contributed by atoms with E-state index in [-0.39, 0.29) is 0 Å². The van der Waals surface area contributed by atoms with Crippen molar-refractivity contribution in [2.24, 2.45) is 0 Å².